The average Bonchev–Trinajstić information content (AvgIpc) is 3.23. The lowest BCUT2D eigenvalue weighted by Crippen LogP contribution is -2.42. The highest BCUT2D eigenvalue weighted by atomic mass is 32.2. The summed E-state index contributed by atoms with van der Waals surface area (Å²) in [6.45, 7) is 0.258. The number of hydrogen-bond donors (Lipinski definition) is 2. The fourth-order valence-electron chi connectivity index (χ4n) is 4.64. The first kappa shape index (κ1) is 16.8. The van der Waals surface area contributed by atoms with Crippen molar-refractivity contribution in [2.45, 2.75) is 31.7 Å². The van der Waals surface area contributed by atoms with Crippen LogP contribution < -0.4 is 15.4 Å². The molecule has 1 amide bonds. The van der Waals surface area contributed by atoms with Crippen LogP contribution in [0.25, 0.3) is 0 Å². The summed E-state index contributed by atoms with van der Waals surface area (Å²) in [5.74, 6) is -0.231. The monoisotopic (exact) mass is 367 g/mol. The van der Waals surface area contributed by atoms with E-state index in [4.69, 9.17) is 5.73 Å². The van der Waals surface area contributed by atoms with Gasteiger partial charge in [0.25, 0.3) is 0 Å². The van der Waals surface area contributed by atoms with Crippen molar-refractivity contribution in [3.8, 4) is 0 Å². The van der Waals surface area contributed by atoms with E-state index < -0.39 is 15.8 Å². The quantitative estimate of drug-likeness (QED) is 0.850. The second-order valence-corrected chi connectivity index (χ2v) is 9.35. The minimum Gasteiger partial charge on any atom is -0.327 e. The van der Waals surface area contributed by atoms with Crippen molar-refractivity contribution in [2.75, 3.05) is 21.9 Å². The molecule has 0 spiro atoms. The molecule has 0 radical (unpaired) electrons. The van der Waals surface area contributed by atoms with Gasteiger partial charge in [0.05, 0.1) is 17.4 Å². The van der Waals surface area contributed by atoms with Gasteiger partial charge in [0.1, 0.15) is 5.82 Å². The number of fused-ring (bicyclic) bond motifs is 2. The second-order valence-electron chi connectivity index (χ2n) is 7.33. The van der Waals surface area contributed by atoms with Gasteiger partial charge in [-0.2, -0.15) is 0 Å². The summed E-state index contributed by atoms with van der Waals surface area (Å²) in [5, 5.41) is 2.81. The topological polar surface area (TPSA) is 92.5 Å². The zero-order valence-corrected chi connectivity index (χ0v) is 14.6. The molecule has 1 aliphatic heterocycles. The van der Waals surface area contributed by atoms with Crippen molar-refractivity contribution < 1.29 is 17.6 Å². The fraction of sp³-hybridized carbons (Fsp3) is 0.588. The summed E-state index contributed by atoms with van der Waals surface area (Å²) in [7, 11) is -3.48. The van der Waals surface area contributed by atoms with Crippen molar-refractivity contribution in [1.82, 2.24) is 0 Å². The Balaban J connectivity index is 1.56. The molecule has 3 fully saturated rings. The van der Waals surface area contributed by atoms with E-state index in [0.29, 0.717) is 23.9 Å². The van der Waals surface area contributed by atoms with E-state index >= 15 is 0 Å². The van der Waals surface area contributed by atoms with Crippen molar-refractivity contribution in [3.63, 3.8) is 0 Å². The second kappa shape index (κ2) is 5.95. The molecule has 3 N–H and O–H groups in total. The van der Waals surface area contributed by atoms with Crippen LogP contribution in [0.3, 0.4) is 0 Å². The molecule has 2 saturated carbocycles. The molecule has 2 aliphatic carbocycles. The molecule has 1 aromatic rings. The van der Waals surface area contributed by atoms with Crippen molar-refractivity contribution in [1.29, 1.82) is 0 Å². The molecule has 25 heavy (non-hydrogen) atoms. The molecule has 0 aromatic heterocycles. The zero-order valence-electron chi connectivity index (χ0n) is 13.8. The molecule has 4 rings (SSSR count). The number of anilines is 2. The molecule has 4 atom stereocenters. The molecule has 1 saturated heterocycles. The number of nitrogens with one attached hydrogen (secondary N) is 1. The highest BCUT2D eigenvalue weighted by Crippen LogP contribution is 2.48. The van der Waals surface area contributed by atoms with Crippen molar-refractivity contribution in [3.05, 3.63) is 24.0 Å². The summed E-state index contributed by atoms with van der Waals surface area (Å²) in [5.41, 5.74) is 6.59. The maximum absolute atomic E-state index is 14.1. The molecule has 4 unspecified atom stereocenters. The summed E-state index contributed by atoms with van der Waals surface area (Å²) in [6.07, 6.45) is 3.58. The maximum Gasteiger partial charge on any atom is 0.235 e. The number of benzene rings is 1. The van der Waals surface area contributed by atoms with Gasteiger partial charge in [0.15, 0.2) is 0 Å². The van der Waals surface area contributed by atoms with Gasteiger partial charge >= 0.3 is 0 Å². The van der Waals surface area contributed by atoms with E-state index in [2.05, 4.69) is 5.32 Å². The van der Waals surface area contributed by atoms with Gasteiger partial charge in [-0.25, -0.2) is 12.8 Å². The third-order valence-electron chi connectivity index (χ3n) is 5.87. The predicted octanol–water partition coefficient (Wildman–Crippen LogP) is 1.68. The van der Waals surface area contributed by atoms with Gasteiger partial charge in [-0.1, -0.05) is 0 Å². The van der Waals surface area contributed by atoms with Gasteiger partial charge < -0.3 is 11.1 Å². The number of hydrogen-bond acceptors (Lipinski definition) is 4. The Hall–Kier alpha value is -1.67. The molecule has 2 bridgehead atoms. The van der Waals surface area contributed by atoms with Gasteiger partial charge in [-0.05, 0) is 55.7 Å². The van der Waals surface area contributed by atoms with Gasteiger partial charge in [0, 0.05) is 18.3 Å². The van der Waals surface area contributed by atoms with E-state index in [1.165, 1.54) is 18.2 Å². The lowest BCUT2D eigenvalue weighted by molar-refractivity contribution is -0.121. The Morgan fingerprint density at radius 2 is 2.04 bits per heavy atom. The van der Waals surface area contributed by atoms with Crippen molar-refractivity contribution in [2.24, 2.45) is 23.5 Å². The van der Waals surface area contributed by atoms with E-state index in [1.807, 2.05) is 0 Å². The number of amides is 1. The first-order valence-electron chi connectivity index (χ1n) is 8.73. The number of nitrogens with zero attached hydrogens (tertiary/aromatic N) is 1. The summed E-state index contributed by atoms with van der Waals surface area (Å²) in [6, 6.07) is 3.92. The van der Waals surface area contributed by atoms with Crippen LogP contribution in [-0.2, 0) is 14.8 Å². The standard InChI is InChI=1S/C17H22FN3O3S/c18-13-5-4-12(9-14(13)21-6-1-7-25(21,23)24)20-17(22)15-10-2-3-11(8-10)16(15)19/h4-5,9-11,15-16H,1-3,6-8,19H2,(H,20,22). The summed E-state index contributed by atoms with van der Waals surface area (Å²) < 4.78 is 39.3. The Bertz CT molecular complexity index is 811. The summed E-state index contributed by atoms with van der Waals surface area (Å²) >= 11 is 0. The highest BCUT2D eigenvalue weighted by molar-refractivity contribution is 7.93. The molecular weight excluding hydrogens is 345 g/mol. The van der Waals surface area contributed by atoms with Crippen LogP contribution in [0.2, 0.25) is 0 Å². The van der Waals surface area contributed by atoms with Crippen molar-refractivity contribution >= 4 is 27.3 Å². The van der Waals surface area contributed by atoms with Crippen LogP contribution >= 0.6 is 0 Å². The molecular formula is C17H22FN3O3S. The van der Waals surface area contributed by atoms with Gasteiger partial charge in [-0.3, -0.25) is 9.10 Å². The largest absolute Gasteiger partial charge is 0.327 e. The predicted molar refractivity (Wildman–Crippen MR) is 93.1 cm³/mol. The van der Waals surface area contributed by atoms with Crippen LogP contribution in [-0.4, -0.2) is 32.7 Å². The van der Waals surface area contributed by atoms with Crippen LogP contribution in [0.4, 0.5) is 15.8 Å². The third kappa shape index (κ3) is 2.81. The number of rotatable bonds is 3. The Labute approximate surface area is 146 Å². The Morgan fingerprint density at radius 1 is 1.28 bits per heavy atom. The SMILES string of the molecule is NC1C2CCC(C2)C1C(=O)Nc1ccc(F)c(N2CCCS2(=O)=O)c1. The first-order valence-corrected chi connectivity index (χ1v) is 10.3. The van der Waals surface area contributed by atoms with E-state index in [0.717, 1.165) is 23.6 Å². The number of carbonyl (C=O) groups excluding carboxylic acids is 1. The normalized spacial score (nSPS) is 33.0. The van der Waals surface area contributed by atoms with Gasteiger partial charge in [0.2, 0.25) is 15.9 Å². The van der Waals surface area contributed by atoms with E-state index in [-0.39, 0.29) is 35.9 Å². The molecule has 1 aromatic carbocycles. The lowest BCUT2D eigenvalue weighted by Gasteiger charge is -2.27. The molecule has 6 nitrogen and oxygen atoms in total. The van der Waals surface area contributed by atoms with Crippen LogP contribution in [0.1, 0.15) is 25.7 Å². The Kier molecular flexibility index (Phi) is 3.99. The first-order chi connectivity index (χ1) is 11.9. The highest BCUT2D eigenvalue weighted by Gasteiger charge is 2.49. The molecule has 136 valence electrons. The molecule has 1 heterocycles. The minimum absolute atomic E-state index is 0.00691. The average molecular weight is 367 g/mol. The molecule has 3 aliphatic rings. The van der Waals surface area contributed by atoms with Crippen LogP contribution in [0.5, 0.6) is 0 Å². The zero-order chi connectivity index (χ0) is 17.8. The number of sulfonamides is 1. The third-order valence-corrected chi connectivity index (χ3v) is 7.72. The van der Waals surface area contributed by atoms with E-state index in [1.54, 1.807) is 0 Å². The number of halogens is 1. The van der Waals surface area contributed by atoms with Crippen LogP contribution in [0, 0.1) is 23.6 Å². The lowest BCUT2D eigenvalue weighted by atomic mass is 9.84. The van der Waals surface area contributed by atoms with Crippen LogP contribution in [0.15, 0.2) is 18.2 Å². The van der Waals surface area contributed by atoms with E-state index in [9.17, 15) is 17.6 Å². The Morgan fingerprint density at radius 3 is 2.68 bits per heavy atom. The summed E-state index contributed by atoms with van der Waals surface area (Å²) in [4.78, 5) is 12.6. The molecule has 8 heteroatoms. The number of nitrogens with two attached hydrogens (primary N) is 1. The smallest absolute Gasteiger partial charge is 0.235 e. The minimum atomic E-state index is -3.48. The fourth-order valence-corrected chi connectivity index (χ4v) is 6.20. The number of carbonyl (C=O) groups is 1. The maximum atomic E-state index is 14.1. The van der Waals surface area contributed by atoms with Gasteiger partial charge in [-0.15, -0.1) is 0 Å².